The van der Waals surface area contributed by atoms with E-state index in [-0.39, 0.29) is 41.7 Å². The van der Waals surface area contributed by atoms with E-state index in [9.17, 15) is 15.0 Å². The molecule has 0 unspecified atom stereocenters. The lowest BCUT2D eigenvalue weighted by atomic mass is 10.0. The fraction of sp³-hybridized carbons (Fsp3) is 0.0909. The van der Waals surface area contributed by atoms with Gasteiger partial charge < -0.3 is 24.4 Å². The van der Waals surface area contributed by atoms with Gasteiger partial charge in [0, 0.05) is 49.8 Å². The Bertz CT molecular complexity index is 2530. The third kappa shape index (κ3) is 10.4. The molecule has 0 aliphatic rings. The van der Waals surface area contributed by atoms with Gasteiger partial charge in [-0.2, -0.15) is 0 Å². The quantitative estimate of drug-likeness (QED) is 0.0720. The molecule has 6 aromatic rings. The number of methoxy groups -OCH3 is 1. The van der Waals surface area contributed by atoms with Crippen molar-refractivity contribution in [2.45, 2.75) is 13.5 Å². The average Bonchev–Trinajstić information content (AvgIpc) is 3.21. The van der Waals surface area contributed by atoms with Crippen molar-refractivity contribution >= 4 is 70.5 Å². The van der Waals surface area contributed by atoms with Gasteiger partial charge in [0.2, 0.25) is 5.90 Å². The number of rotatable bonds is 12. The minimum atomic E-state index is -0.516. The zero-order chi connectivity index (χ0) is 40.5. The van der Waals surface area contributed by atoms with Crippen molar-refractivity contribution in [1.82, 2.24) is 0 Å². The number of phenolic OH excluding ortho intramolecular Hbond substituents is 2. The van der Waals surface area contributed by atoms with Crippen LogP contribution in [0.2, 0.25) is 15.1 Å². The Balaban J connectivity index is 1.33. The molecule has 0 amide bonds. The minimum Gasteiger partial charge on any atom is -0.507 e. The summed E-state index contributed by atoms with van der Waals surface area (Å²) in [5.41, 5.74) is 3.77. The molecule has 0 bridgehead atoms. The Kier molecular flexibility index (Phi) is 13.2. The van der Waals surface area contributed by atoms with Gasteiger partial charge in [-0.15, -0.1) is 0 Å². The molecule has 6 aromatic carbocycles. The smallest absolute Gasteiger partial charge is 0.338 e. The SMILES string of the molecule is CCOC(=O)c1ccc(/N=C/c2cc(Cl)ccc2O/C(=N\Cc2ccc(OC)c(-c3cc(/N=C/c4cc(Cl)ccc4O)ccc3F)c2)c2cc(Cl)ccc2O)cc1. The number of carbonyl (C=O) groups is 1. The van der Waals surface area contributed by atoms with Crippen molar-refractivity contribution in [1.29, 1.82) is 0 Å². The van der Waals surface area contributed by atoms with Crippen LogP contribution in [-0.2, 0) is 11.3 Å². The zero-order valence-electron chi connectivity index (χ0n) is 30.4. The molecule has 0 spiro atoms. The predicted octanol–water partition coefficient (Wildman–Crippen LogP) is 11.6. The number of hydrogen-bond acceptors (Lipinski definition) is 9. The van der Waals surface area contributed by atoms with Gasteiger partial charge in [0.25, 0.3) is 0 Å². The summed E-state index contributed by atoms with van der Waals surface area (Å²) in [4.78, 5) is 25.8. The van der Waals surface area contributed by atoms with Crippen LogP contribution in [0.4, 0.5) is 15.8 Å². The molecule has 0 aliphatic carbocycles. The minimum absolute atomic E-state index is 0.00508. The second-order valence-electron chi connectivity index (χ2n) is 12.3. The number of nitrogens with zero attached hydrogens (tertiary/aromatic N) is 3. The molecule has 0 saturated heterocycles. The van der Waals surface area contributed by atoms with Gasteiger partial charge in [0.05, 0.1) is 42.8 Å². The van der Waals surface area contributed by atoms with Crippen LogP contribution >= 0.6 is 34.8 Å². The van der Waals surface area contributed by atoms with Crippen molar-refractivity contribution in [2.24, 2.45) is 15.0 Å². The molecule has 0 aliphatic heterocycles. The van der Waals surface area contributed by atoms with Crippen LogP contribution < -0.4 is 9.47 Å². The number of aromatic hydroxyl groups is 2. The number of carbonyl (C=O) groups excluding carboxylic acids is 1. The maximum absolute atomic E-state index is 15.5. The summed E-state index contributed by atoms with van der Waals surface area (Å²) in [5.74, 6) is -0.349. The number of phenols is 2. The number of halogens is 4. The van der Waals surface area contributed by atoms with Gasteiger partial charge in [-0.1, -0.05) is 40.9 Å². The highest BCUT2D eigenvalue weighted by atomic mass is 35.5. The van der Waals surface area contributed by atoms with Crippen molar-refractivity contribution < 1.29 is 33.6 Å². The first-order chi connectivity index (χ1) is 27.5. The Morgan fingerprint density at radius 3 is 2.07 bits per heavy atom. The molecule has 0 radical (unpaired) electrons. The molecule has 0 atom stereocenters. The fourth-order valence-corrected chi connectivity index (χ4v) is 6.04. The fourth-order valence-electron chi connectivity index (χ4n) is 5.51. The van der Waals surface area contributed by atoms with Crippen LogP contribution in [0.25, 0.3) is 11.1 Å². The molecular weight excluding hydrogens is 792 g/mol. The highest BCUT2D eigenvalue weighted by molar-refractivity contribution is 6.31. The molecule has 6 rings (SSSR count). The van der Waals surface area contributed by atoms with Gasteiger partial charge in [-0.05, 0) is 122 Å². The van der Waals surface area contributed by atoms with Gasteiger partial charge >= 0.3 is 5.97 Å². The van der Waals surface area contributed by atoms with Crippen LogP contribution in [0.1, 0.15) is 39.5 Å². The Hall–Kier alpha value is -6.20. The topological polar surface area (TPSA) is 122 Å². The van der Waals surface area contributed by atoms with Gasteiger partial charge in [-0.3, -0.25) is 9.98 Å². The van der Waals surface area contributed by atoms with E-state index >= 15 is 4.39 Å². The summed E-state index contributed by atoms with van der Waals surface area (Å²) in [6.45, 7) is 2.02. The van der Waals surface area contributed by atoms with Crippen molar-refractivity contribution in [3.8, 4) is 34.1 Å². The number of ether oxygens (including phenoxy) is 3. The molecule has 0 aromatic heterocycles. The molecule has 13 heteroatoms. The zero-order valence-corrected chi connectivity index (χ0v) is 32.7. The molecular formula is C44H33Cl3FN3O6. The Morgan fingerprint density at radius 2 is 1.33 bits per heavy atom. The van der Waals surface area contributed by atoms with Crippen LogP contribution in [0.3, 0.4) is 0 Å². The molecule has 9 nitrogen and oxygen atoms in total. The lowest BCUT2D eigenvalue weighted by Gasteiger charge is -2.14. The number of aliphatic imine (C=N–C) groups is 3. The third-order valence-corrected chi connectivity index (χ3v) is 9.06. The van der Waals surface area contributed by atoms with E-state index in [0.717, 1.165) is 0 Å². The summed E-state index contributed by atoms with van der Waals surface area (Å²) in [6.07, 6.45) is 2.99. The van der Waals surface area contributed by atoms with E-state index in [1.807, 2.05) is 0 Å². The first-order valence-electron chi connectivity index (χ1n) is 17.3. The lowest BCUT2D eigenvalue weighted by molar-refractivity contribution is 0.0526. The van der Waals surface area contributed by atoms with Gasteiger partial charge in [0.1, 0.15) is 28.8 Å². The van der Waals surface area contributed by atoms with Crippen LogP contribution in [0, 0.1) is 5.82 Å². The maximum atomic E-state index is 15.5. The predicted molar refractivity (Wildman–Crippen MR) is 224 cm³/mol. The normalized spacial score (nSPS) is 11.6. The summed E-state index contributed by atoms with van der Waals surface area (Å²) in [5, 5.41) is 22.3. The standard InChI is InChI=1S/C44H33Cl3FN3O6/c1-3-56-44(54)27-5-10-33(11-6-27)49-25-29-20-31(46)9-17-41(29)57-43(37-21-32(47)8-15-40(37)53)51-23-26-4-16-42(55-2)36(18-26)35-22-34(12-13-38(35)48)50-24-28-19-30(45)7-14-39(28)52/h4-22,24-25,52-53H,3,23H2,1-2H3/b49-25+,50-24+,51-43-. The number of esters is 1. The first-order valence-corrected chi connectivity index (χ1v) is 18.5. The van der Waals surface area contributed by atoms with Crippen molar-refractivity contribution in [3.63, 3.8) is 0 Å². The average molecular weight is 825 g/mol. The van der Waals surface area contributed by atoms with Crippen molar-refractivity contribution in [2.75, 3.05) is 13.7 Å². The first kappa shape index (κ1) is 40.5. The van der Waals surface area contributed by atoms with E-state index in [4.69, 9.17) is 54.0 Å². The largest absolute Gasteiger partial charge is 0.507 e. The third-order valence-electron chi connectivity index (χ3n) is 8.35. The molecule has 288 valence electrons. The molecule has 0 fully saturated rings. The summed E-state index contributed by atoms with van der Waals surface area (Å²) in [7, 11) is 1.48. The van der Waals surface area contributed by atoms with E-state index in [0.29, 0.717) is 65.8 Å². The van der Waals surface area contributed by atoms with Gasteiger partial charge in [-0.25, -0.2) is 14.2 Å². The molecule has 0 heterocycles. The van der Waals surface area contributed by atoms with E-state index in [2.05, 4.69) is 9.98 Å². The molecule has 2 N–H and O–H groups in total. The lowest BCUT2D eigenvalue weighted by Crippen LogP contribution is -2.13. The number of hydrogen-bond donors (Lipinski definition) is 2. The van der Waals surface area contributed by atoms with Crippen LogP contribution in [0.15, 0.2) is 130 Å². The Labute approximate surface area is 342 Å². The van der Waals surface area contributed by atoms with Crippen molar-refractivity contribution in [3.05, 3.63) is 164 Å². The number of benzene rings is 6. The second-order valence-corrected chi connectivity index (χ2v) is 13.6. The summed E-state index contributed by atoms with van der Waals surface area (Å²) < 4.78 is 32.5. The summed E-state index contributed by atoms with van der Waals surface area (Å²) >= 11 is 18.8. The van der Waals surface area contributed by atoms with E-state index in [1.54, 1.807) is 92.0 Å². The highest BCUT2D eigenvalue weighted by Gasteiger charge is 2.17. The second kappa shape index (κ2) is 18.6. The monoisotopic (exact) mass is 823 g/mol. The van der Waals surface area contributed by atoms with Gasteiger partial charge in [0.15, 0.2) is 0 Å². The maximum Gasteiger partial charge on any atom is 0.338 e. The summed E-state index contributed by atoms with van der Waals surface area (Å²) in [6, 6.07) is 30.2. The van der Waals surface area contributed by atoms with Crippen LogP contribution in [0.5, 0.6) is 23.0 Å². The van der Waals surface area contributed by atoms with Crippen LogP contribution in [-0.4, -0.2) is 48.2 Å². The Morgan fingerprint density at radius 1 is 0.702 bits per heavy atom. The molecule has 57 heavy (non-hydrogen) atoms. The molecule has 0 saturated carbocycles. The van der Waals surface area contributed by atoms with E-state index < -0.39 is 11.8 Å². The highest BCUT2D eigenvalue weighted by Crippen LogP contribution is 2.36. The van der Waals surface area contributed by atoms with E-state index in [1.165, 1.54) is 49.7 Å².